The van der Waals surface area contributed by atoms with Crippen molar-refractivity contribution in [2.75, 3.05) is 13.2 Å². The average Bonchev–Trinajstić information content (AvgIpc) is 3.51. The zero-order valence-corrected chi connectivity index (χ0v) is 23.9. The van der Waals surface area contributed by atoms with Crippen LogP contribution < -0.4 is 10.6 Å². The summed E-state index contributed by atoms with van der Waals surface area (Å²) < 4.78 is 11.6. The topological polar surface area (TPSA) is 134 Å². The summed E-state index contributed by atoms with van der Waals surface area (Å²) in [6.07, 6.45) is 7.49. The van der Waals surface area contributed by atoms with Crippen molar-refractivity contribution in [1.82, 2.24) is 15.5 Å². The molecule has 1 unspecified atom stereocenters. The van der Waals surface area contributed by atoms with Crippen LogP contribution in [0, 0.1) is 5.92 Å². The third kappa shape index (κ3) is 7.67. The van der Waals surface area contributed by atoms with Gasteiger partial charge >= 0.3 is 12.1 Å². The van der Waals surface area contributed by atoms with Crippen LogP contribution in [-0.2, 0) is 36.9 Å². The van der Waals surface area contributed by atoms with Gasteiger partial charge in [0.1, 0.15) is 17.6 Å². The number of cyclic esters (lactones) is 1. The third-order valence-corrected chi connectivity index (χ3v) is 8.38. The minimum Gasteiger partial charge on any atom is -0.479 e. The Bertz CT molecular complexity index is 1120. The first-order chi connectivity index (χ1) is 19.8. The van der Waals surface area contributed by atoms with E-state index in [1.165, 1.54) is 16.5 Å². The monoisotopic (exact) mass is 569 g/mol. The molecular formula is C31H43N3O7. The number of unbranched alkanes of at least 4 members (excludes halogenated alkanes) is 1. The van der Waals surface area contributed by atoms with Gasteiger partial charge in [0.05, 0.1) is 19.3 Å². The molecule has 10 nitrogen and oxygen atoms in total. The molecule has 3 N–H and O–H groups in total. The Hall–Kier alpha value is -3.40. The fraction of sp³-hybridized carbons (Fsp3) is 0.613. The second-order valence-electron chi connectivity index (χ2n) is 11.4. The van der Waals surface area contributed by atoms with E-state index in [9.17, 15) is 24.3 Å². The number of amides is 3. The highest BCUT2D eigenvalue weighted by Gasteiger charge is 2.61. The summed E-state index contributed by atoms with van der Waals surface area (Å²) in [6.45, 7) is 6.43. The quantitative estimate of drug-likeness (QED) is 0.426. The lowest BCUT2D eigenvalue weighted by molar-refractivity contribution is -0.145. The van der Waals surface area contributed by atoms with Crippen LogP contribution in [0.25, 0.3) is 0 Å². The first-order valence-electron chi connectivity index (χ1n) is 14.9. The van der Waals surface area contributed by atoms with Gasteiger partial charge < -0.3 is 30.1 Å². The summed E-state index contributed by atoms with van der Waals surface area (Å²) >= 11 is 0. The molecule has 2 heterocycles. The minimum absolute atomic E-state index is 0.154. The van der Waals surface area contributed by atoms with Gasteiger partial charge in [0.15, 0.2) is 0 Å². The number of ether oxygens (including phenoxy) is 2. The number of aryl methyl sites for hydroxylation is 1. The summed E-state index contributed by atoms with van der Waals surface area (Å²) in [6, 6.07) is 6.43. The van der Waals surface area contributed by atoms with E-state index in [4.69, 9.17) is 9.47 Å². The zero-order valence-electron chi connectivity index (χ0n) is 23.9. The number of nitrogens with zero attached hydrogens (tertiary/aromatic N) is 1. The molecule has 1 saturated carbocycles. The van der Waals surface area contributed by atoms with Crippen LogP contribution in [0.15, 0.2) is 36.9 Å². The highest BCUT2D eigenvalue weighted by molar-refractivity contribution is 5.96. The Balaban J connectivity index is 1.57. The fourth-order valence-electron chi connectivity index (χ4n) is 5.82. The van der Waals surface area contributed by atoms with Gasteiger partial charge in [-0.1, -0.05) is 62.9 Å². The largest absolute Gasteiger partial charge is 0.479 e. The van der Waals surface area contributed by atoms with Crippen LogP contribution in [0.5, 0.6) is 0 Å². The van der Waals surface area contributed by atoms with E-state index in [-0.39, 0.29) is 31.9 Å². The van der Waals surface area contributed by atoms with Gasteiger partial charge in [0.2, 0.25) is 11.8 Å². The van der Waals surface area contributed by atoms with Gasteiger partial charge in [-0.15, -0.1) is 6.58 Å². The summed E-state index contributed by atoms with van der Waals surface area (Å²) in [5.74, 6) is -2.45. The van der Waals surface area contributed by atoms with Crippen LogP contribution >= 0.6 is 0 Å². The lowest BCUT2D eigenvalue weighted by atomic mass is 10.0. The molecule has 1 aromatic carbocycles. The molecule has 2 fully saturated rings. The number of carbonyl (C=O) groups is 4. The van der Waals surface area contributed by atoms with Crippen LogP contribution in [0.3, 0.4) is 0 Å². The van der Waals surface area contributed by atoms with Gasteiger partial charge in [-0.2, -0.15) is 0 Å². The molecule has 41 heavy (non-hydrogen) atoms. The number of alkyl carbamates (subject to hydrolysis) is 1. The number of rotatable bonds is 7. The summed E-state index contributed by atoms with van der Waals surface area (Å²) in [7, 11) is 0. The second kappa shape index (κ2) is 14.0. The predicted octanol–water partition coefficient (Wildman–Crippen LogP) is 3.72. The number of hydrogen-bond acceptors (Lipinski definition) is 6. The van der Waals surface area contributed by atoms with E-state index in [2.05, 4.69) is 29.3 Å². The Morgan fingerprint density at radius 2 is 2.00 bits per heavy atom. The standard InChI is InChI=1S/C31H43N3O7/c1-3-5-14-25-28(36)34-19-24(17-26(34)27(35)33-31(29(37)38)18-23(31)4-2)41-20-22-13-10-12-21(16-22)11-8-6-7-9-15-40-30(39)32-25/h4,10,12-13,16,23-26H,2-3,5-9,11,14-15,17-20H2,1H3,(H,32,39)(H,33,35)(H,37,38)/t23?,24-,25+,26+,31-/m1/s1. The smallest absolute Gasteiger partial charge is 0.407 e. The lowest BCUT2D eigenvalue weighted by Gasteiger charge is -2.29. The van der Waals surface area contributed by atoms with E-state index >= 15 is 0 Å². The molecule has 4 rings (SSSR count). The Kier molecular flexibility index (Phi) is 10.4. The number of nitrogens with one attached hydrogen (secondary N) is 2. The molecule has 3 aliphatic rings. The number of fused-ring (bicyclic) bond motifs is 4. The first-order valence-corrected chi connectivity index (χ1v) is 14.9. The van der Waals surface area contributed by atoms with Crippen molar-refractivity contribution in [3.05, 3.63) is 48.0 Å². The first kappa shape index (κ1) is 30.6. The summed E-state index contributed by atoms with van der Waals surface area (Å²) in [5.41, 5.74) is 0.824. The molecule has 224 valence electrons. The van der Waals surface area contributed by atoms with Gasteiger partial charge in [0, 0.05) is 18.9 Å². The molecule has 0 aromatic heterocycles. The predicted molar refractivity (Wildman–Crippen MR) is 152 cm³/mol. The van der Waals surface area contributed by atoms with Crippen molar-refractivity contribution in [2.45, 2.75) is 101 Å². The van der Waals surface area contributed by atoms with Gasteiger partial charge in [-0.25, -0.2) is 9.59 Å². The molecule has 10 heteroatoms. The number of benzene rings is 1. The highest BCUT2D eigenvalue weighted by atomic mass is 16.5. The number of hydrogen-bond donors (Lipinski definition) is 3. The van der Waals surface area contributed by atoms with Crippen molar-refractivity contribution >= 4 is 23.9 Å². The van der Waals surface area contributed by atoms with Crippen LogP contribution in [-0.4, -0.2) is 70.8 Å². The molecule has 2 aliphatic heterocycles. The molecule has 4 bridgehead atoms. The summed E-state index contributed by atoms with van der Waals surface area (Å²) in [4.78, 5) is 53.5. The van der Waals surface area contributed by atoms with E-state index in [0.717, 1.165) is 44.1 Å². The Morgan fingerprint density at radius 1 is 1.22 bits per heavy atom. The zero-order chi connectivity index (χ0) is 29.4. The second-order valence-corrected chi connectivity index (χ2v) is 11.4. The van der Waals surface area contributed by atoms with Gasteiger partial charge in [-0.05, 0) is 43.2 Å². The Morgan fingerprint density at radius 3 is 2.73 bits per heavy atom. The molecule has 1 saturated heterocycles. The van der Waals surface area contributed by atoms with Gasteiger partial charge in [0.25, 0.3) is 0 Å². The van der Waals surface area contributed by atoms with Crippen molar-refractivity contribution in [3.8, 4) is 0 Å². The van der Waals surface area contributed by atoms with Crippen molar-refractivity contribution < 1.29 is 33.8 Å². The van der Waals surface area contributed by atoms with Crippen molar-refractivity contribution in [2.24, 2.45) is 5.92 Å². The van der Waals surface area contributed by atoms with E-state index in [0.29, 0.717) is 19.4 Å². The molecule has 3 amide bonds. The van der Waals surface area contributed by atoms with Crippen LogP contribution in [0.1, 0.15) is 75.8 Å². The lowest BCUT2D eigenvalue weighted by Crippen LogP contribution is -2.56. The van der Waals surface area contributed by atoms with E-state index in [1.807, 2.05) is 19.1 Å². The van der Waals surface area contributed by atoms with Crippen molar-refractivity contribution in [1.29, 1.82) is 0 Å². The molecule has 5 atom stereocenters. The maximum atomic E-state index is 13.9. The number of carboxylic acids is 1. The molecule has 1 aliphatic carbocycles. The fourth-order valence-corrected chi connectivity index (χ4v) is 5.82. The van der Waals surface area contributed by atoms with Gasteiger partial charge in [-0.3, -0.25) is 9.59 Å². The molecule has 1 aromatic rings. The average molecular weight is 570 g/mol. The minimum atomic E-state index is -1.42. The third-order valence-electron chi connectivity index (χ3n) is 8.38. The van der Waals surface area contributed by atoms with Crippen LogP contribution in [0.4, 0.5) is 4.79 Å². The van der Waals surface area contributed by atoms with E-state index in [1.54, 1.807) is 0 Å². The molecule has 0 radical (unpaired) electrons. The van der Waals surface area contributed by atoms with Crippen molar-refractivity contribution in [3.63, 3.8) is 0 Å². The Labute approximate surface area is 241 Å². The van der Waals surface area contributed by atoms with Crippen LogP contribution in [0.2, 0.25) is 0 Å². The highest BCUT2D eigenvalue weighted by Crippen LogP contribution is 2.45. The number of carboxylic acid groups (broad SMARTS) is 1. The maximum absolute atomic E-state index is 13.9. The number of carbonyl (C=O) groups excluding carboxylic acids is 3. The maximum Gasteiger partial charge on any atom is 0.407 e. The SMILES string of the molecule is C=CC1C[C@]1(NC(=O)[C@@H]1C[C@@H]2CN1C(=O)[C@H](CCCC)NC(=O)OCCCCCCc1cccc(c1)CO2)C(=O)O. The molecule has 0 spiro atoms. The number of aliphatic carboxylic acids is 1. The normalized spacial score (nSPS) is 29.2. The summed E-state index contributed by atoms with van der Waals surface area (Å²) in [5, 5.41) is 15.2. The molecular weight excluding hydrogens is 526 g/mol. The van der Waals surface area contributed by atoms with E-state index < -0.39 is 47.6 Å².